The minimum Gasteiger partial charge on any atom is -0.481 e. The van der Waals surface area contributed by atoms with Crippen LogP contribution < -0.4 is 9.80 Å². The molecule has 3 N–H and O–H groups in total. The molecule has 1 fully saturated rings. The van der Waals surface area contributed by atoms with E-state index in [-0.39, 0.29) is 23.6 Å². The smallest absolute Gasteiger partial charge is 0.307 e. The number of nitrogens with zero attached hydrogens (tertiary/aromatic N) is 5. The first-order valence-corrected chi connectivity index (χ1v) is 14.4. The molecule has 5 rings (SSSR count). The van der Waals surface area contributed by atoms with Gasteiger partial charge in [0.25, 0.3) is 0 Å². The summed E-state index contributed by atoms with van der Waals surface area (Å²) in [7, 11) is 0. The Balaban J connectivity index is 1.48. The van der Waals surface area contributed by atoms with Gasteiger partial charge in [-0.3, -0.25) is 20.6 Å². The standard InChI is InChI=1S/C32H39N7O3/c1-19-25(15-28(40)41)30(38-12-9-32(4,5)10-13-38)29(20(2)37-19)23-6-7-24-17-39(11-8-22(24)14-23)27-16-26(35-18-36-27)31(34)42-21(3)33/h6-7,14,16,18,33-34H,8-13,15,17H2,1-5H3,(H,40,41). The molecule has 42 heavy (non-hydrogen) atoms. The van der Waals surface area contributed by atoms with Gasteiger partial charge in [0, 0.05) is 61.7 Å². The third-order valence-electron chi connectivity index (χ3n) is 8.39. The second kappa shape index (κ2) is 11.5. The lowest BCUT2D eigenvalue weighted by atomic mass is 9.82. The average Bonchev–Trinajstić information content (AvgIpc) is 2.93. The number of ether oxygens (including phenoxy) is 1. The van der Waals surface area contributed by atoms with Crippen molar-refractivity contribution in [1.29, 1.82) is 10.8 Å². The largest absolute Gasteiger partial charge is 0.481 e. The number of carboxylic acids is 1. The molecule has 1 aromatic carbocycles. The number of carboxylic acid groups (broad SMARTS) is 1. The molecule has 0 spiro atoms. The van der Waals surface area contributed by atoms with Gasteiger partial charge in [0.1, 0.15) is 17.8 Å². The molecule has 0 amide bonds. The Bertz CT molecular complexity index is 1560. The highest BCUT2D eigenvalue weighted by molar-refractivity contribution is 5.97. The summed E-state index contributed by atoms with van der Waals surface area (Å²) < 4.78 is 5.12. The van der Waals surface area contributed by atoms with E-state index in [2.05, 4.69) is 51.8 Å². The summed E-state index contributed by atoms with van der Waals surface area (Å²) in [5.74, 6) is -0.380. The molecule has 2 aromatic heterocycles. The number of aromatic nitrogens is 3. The second-order valence-corrected chi connectivity index (χ2v) is 12.1. The Morgan fingerprint density at radius 2 is 1.76 bits per heavy atom. The van der Waals surface area contributed by atoms with Crippen molar-refractivity contribution in [2.75, 3.05) is 29.4 Å². The van der Waals surface area contributed by atoms with Crippen LogP contribution in [-0.4, -0.2) is 57.5 Å². The molecular formula is C32H39N7O3. The molecule has 0 aliphatic carbocycles. The molecule has 10 heteroatoms. The minimum atomic E-state index is -0.846. The fourth-order valence-corrected chi connectivity index (χ4v) is 6.02. The van der Waals surface area contributed by atoms with E-state index < -0.39 is 5.97 Å². The Hall–Kier alpha value is -4.34. The maximum atomic E-state index is 11.9. The van der Waals surface area contributed by atoms with Crippen molar-refractivity contribution in [2.45, 2.75) is 66.8 Å². The fourth-order valence-electron chi connectivity index (χ4n) is 6.02. The molecule has 0 saturated carbocycles. The van der Waals surface area contributed by atoms with E-state index in [9.17, 15) is 9.90 Å². The van der Waals surface area contributed by atoms with Crippen LogP contribution in [0, 0.1) is 30.1 Å². The van der Waals surface area contributed by atoms with Gasteiger partial charge in [-0.2, -0.15) is 0 Å². The summed E-state index contributed by atoms with van der Waals surface area (Å²) in [6.07, 6.45) is 4.28. The van der Waals surface area contributed by atoms with Crippen LogP contribution in [0.2, 0.25) is 0 Å². The van der Waals surface area contributed by atoms with E-state index >= 15 is 0 Å². The first-order valence-electron chi connectivity index (χ1n) is 14.4. The topological polar surface area (TPSA) is 139 Å². The second-order valence-electron chi connectivity index (χ2n) is 12.1. The molecule has 0 atom stereocenters. The van der Waals surface area contributed by atoms with Crippen LogP contribution in [0.1, 0.15) is 67.4 Å². The molecule has 3 aromatic rings. The van der Waals surface area contributed by atoms with Gasteiger partial charge in [0.05, 0.1) is 12.1 Å². The van der Waals surface area contributed by atoms with Gasteiger partial charge >= 0.3 is 5.97 Å². The van der Waals surface area contributed by atoms with Crippen LogP contribution in [0.15, 0.2) is 30.6 Å². The quantitative estimate of drug-likeness (QED) is 0.268. The molecule has 2 aliphatic rings. The lowest BCUT2D eigenvalue weighted by Crippen LogP contribution is -2.38. The Morgan fingerprint density at radius 1 is 1.02 bits per heavy atom. The maximum absolute atomic E-state index is 11.9. The number of hydrogen-bond donors (Lipinski definition) is 3. The highest BCUT2D eigenvalue weighted by atomic mass is 16.5. The van der Waals surface area contributed by atoms with E-state index in [1.54, 1.807) is 6.07 Å². The van der Waals surface area contributed by atoms with Crippen molar-refractivity contribution in [1.82, 2.24) is 15.0 Å². The van der Waals surface area contributed by atoms with Crippen molar-refractivity contribution in [3.63, 3.8) is 0 Å². The highest BCUT2D eigenvalue weighted by Crippen LogP contribution is 2.42. The number of pyridine rings is 1. The van der Waals surface area contributed by atoms with Gasteiger partial charge in [-0.05, 0) is 55.2 Å². The number of carbonyl (C=O) groups is 1. The van der Waals surface area contributed by atoms with Gasteiger partial charge in [-0.25, -0.2) is 9.97 Å². The SMILES string of the molecule is CC(=N)OC(=N)c1cc(N2CCc3cc(-c4c(C)nc(C)c(CC(=O)O)c4N4CCC(C)(C)CC4)ccc3C2)ncn1. The number of hydrogen-bond acceptors (Lipinski definition) is 9. The molecule has 0 radical (unpaired) electrons. The predicted octanol–water partition coefficient (Wildman–Crippen LogP) is 5.31. The van der Waals surface area contributed by atoms with E-state index in [1.807, 2.05) is 13.8 Å². The molecule has 10 nitrogen and oxygen atoms in total. The van der Waals surface area contributed by atoms with E-state index in [0.29, 0.717) is 18.1 Å². The summed E-state index contributed by atoms with van der Waals surface area (Å²) >= 11 is 0. The third kappa shape index (κ3) is 6.12. The number of fused-ring (bicyclic) bond motifs is 1. The first kappa shape index (κ1) is 29.2. The van der Waals surface area contributed by atoms with Gasteiger partial charge in [0.15, 0.2) is 5.90 Å². The minimum absolute atomic E-state index is 0.0515. The summed E-state index contributed by atoms with van der Waals surface area (Å²) in [5, 5.41) is 25.4. The third-order valence-corrected chi connectivity index (χ3v) is 8.39. The zero-order valence-electron chi connectivity index (χ0n) is 25.0. The van der Waals surface area contributed by atoms with Crippen molar-refractivity contribution in [3.05, 3.63) is 64.4 Å². The Labute approximate surface area is 246 Å². The lowest BCUT2D eigenvalue weighted by Gasteiger charge is -2.40. The van der Waals surface area contributed by atoms with Crippen LogP contribution in [0.3, 0.4) is 0 Å². The zero-order chi connectivity index (χ0) is 30.2. The molecular weight excluding hydrogens is 530 g/mol. The number of aryl methyl sites for hydroxylation is 2. The van der Waals surface area contributed by atoms with Crippen LogP contribution >= 0.6 is 0 Å². The van der Waals surface area contributed by atoms with Gasteiger partial charge in [-0.15, -0.1) is 0 Å². The molecule has 0 bridgehead atoms. The summed E-state index contributed by atoms with van der Waals surface area (Å²) in [6.45, 7) is 13.2. The number of rotatable bonds is 6. The number of piperidine rings is 1. The summed E-state index contributed by atoms with van der Waals surface area (Å²) in [5.41, 5.74) is 8.67. The normalized spacial score (nSPS) is 16.1. The summed E-state index contributed by atoms with van der Waals surface area (Å²) in [4.78, 5) is 29.9. The van der Waals surface area contributed by atoms with Crippen molar-refractivity contribution in [3.8, 4) is 11.1 Å². The van der Waals surface area contributed by atoms with Gasteiger partial charge in [0.2, 0.25) is 5.90 Å². The number of anilines is 2. The van der Waals surface area contributed by atoms with Crippen LogP contribution in [-0.2, 0) is 28.9 Å². The van der Waals surface area contributed by atoms with Gasteiger partial charge in [-0.1, -0.05) is 32.0 Å². The van der Waals surface area contributed by atoms with Gasteiger partial charge < -0.3 is 19.6 Å². The molecule has 220 valence electrons. The van der Waals surface area contributed by atoms with E-state index in [1.165, 1.54) is 24.4 Å². The summed E-state index contributed by atoms with van der Waals surface area (Å²) in [6, 6.07) is 8.25. The molecule has 4 heterocycles. The molecule has 2 aliphatic heterocycles. The lowest BCUT2D eigenvalue weighted by molar-refractivity contribution is -0.136. The monoisotopic (exact) mass is 569 g/mol. The number of benzene rings is 1. The van der Waals surface area contributed by atoms with E-state index in [0.717, 1.165) is 72.7 Å². The predicted molar refractivity (Wildman–Crippen MR) is 164 cm³/mol. The van der Waals surface area contributed by atoms with Crippen LogP contribution in [0.4, 0.5) is 11.5 Å². The number of nitrogens with one attached hydrogen (secondary N) is 2. The van der Waals surface area contributed by atoms with E-state index in [4.69, 9.17) is 20.5 Å². The zero-order valence-corrected chi connectivity index (χ0v) is 25.0. The van der Waals surface area contributed by atoms with Crippen molar-refractivity contribution in [2.24, 2.45) is 5.41 Å². The van der Waals surface area contributed by atoms with Crippen molar-refractivity contribution >= 4 is 29.3 Å². The Morgan fingerprint density at radius 3 is 2.45 bits per heavy atom. The highest BCUT2D eigenvalue weighted by Gasteiger charge is 2.30. The van der Waals surface area contributed by atoms with Crippen molar-refractivity contribution < 1.29 is 14.6 Å². The number of aliphatic carboxylic acids is 1. The molecule has 1 saturated heterocycles. The first-order chi connectivity index (χ1) is 19.9. The van der Waals surface area contributed by atoms with Crippen LogP contribution in [0.5, 0.6) is 0 Å². The molecule has 0 unspecified atom stereocenters. The maximum Gasteiger partial charge on any atom is 0.307 e. The average molecular weight is 570 g/mol. The fraction of sp³-hybridized carbons (Fsp3) is 0.438. The van der Waals surface area contributed by atoms with Crippen LogP contribution in [0.25, 0.3) is 11.1 Å². The Kier molecular flexibility index (Phi) is 7.99.